The number of aromatic nitrogens is 4. The molecule has 2 aromatic heterocycles. The minimum absolute atomic E-state index is 0.0942. The van der Waals surface area contributed by atoms with Gasteiger partial charge in [-0.25, -0.2) is 9.78 Å². The zero-order valence-corrected chi connectivity index (χ0v) is 13.3. The molecule has 3 aliphatic carbocycles. The molecule has 23 heavy (non-hydrogen) atoms. The van der Waals surface area contributed by atoms with E-state index in [4.69, 9.17) is 0 Å². The van der Waals surface area contributed by atoms with Crippen molar-refractivity contribution < 1.29 is 5.11 Å². The van der Waals surface area contributed by atoms with Gasteiger partial charge in [0, 0.05) is 12.0 Å². The van der Waals surface area contributed by atoms with Crippen LogP contribution in [0.15, 0.2) is 9.59 Å². The van der Waals surface area contributed by atoms with Crippen LogP contribution in [0, 0.1) is 0 Å². The summed E-state index contributed by atoms with van der Waals surface area (Å²) in [6.07, 6.45) is 5.76. The van der Waals surface area contributed by atoms with Crippen LogP contribution in [0.4, 0.5) is 0 Å². The number of aliphatic hydroxyl groups is 1. The minimum Gasteiger partial charge on any atom is -0.390 e. The Kier molecular flexibility index (Phi) is 3.07. The lowest BCUT2D eigenvalue weighted by Crippen LogP contribution is -2.48. The molecule has 3 fully saturated rings. The molecule has 0 unspecified atom stereocenters. The number of fused-ring (bicyclic) bond motifs is 4. The van der Waals surface area contributed by atoms with Gasteiger partial charge in [-0.3, -0.25) is 14.3 Å². The lowest BCUT2D eigenvalue weighted by Gasteiger charge is -2.49. The predicted molar refractivity (Wildman–Crippen MR) is 85.6 cm³/mol. The first kappa shape index (κ1) is 14.7. The van der Waals surface area contributed by atoms with Gasteiger partial charge in [-0.1, -0.05) is 6.92 Å². The Labute approximate surface area is 132 Å². The molecule has 0 aromatic carbocycles. The van der Waals surface area contributed by atoms with Crippen LogP contribution in [0.25, 0.3) is 11.2 Å². The summed E-state index contributed by atoms with van der Waals surface area (Å²) in [6, 6.07) is 0. The molecule has 2 heterocycles. The fraction of sp³-hybridized carbons (Fsp3) is 0.688. The number of aromatic amines is 2. The summed E-state index contributed by atoms with van der Waals surface area (Å²) in [6.45, 7) is 2.52. The van der Waals surface area contributed by atoms with Gasteiger partial charge in [0.25, 0.3) is 5.56 Å². The van der Waals surface area contributed by atoms with Crippen molar-refractivity contribution >= 4 is 11.2 Å². The molecule has 5 rings (SSSR count). The quantitative estimate of drug-likeness (QED) is 0.790. The largest absolute Gasteiger partial charge is 0.390 e. The molecule has 3 saturated carbocycles. The van der Waals surface area contributed by atoms with E-state index in [-0.39, 0.29) is 5.41 Å². The van der Waals surface area contributed by atoms with Crippen LogP contribution in [-0.2, 0) is 12.0 Å². The summed E-state index contributed by atoms with van der Waals surface area (Å²) in [5.74, 6) is 0.801. The van der Waals surface area contributed by atoms with E-state index in [1.807, 2.05) is 6.92 Å². The summed E-state index contributed by atoms with van der Waals surface area (Å²) in [5, 5.41) is 10.4. The zero-order valence-electron chi connectivity index (χ0n) is 13.3. The molecule has 0 atom stereocenters. The third kappa shape index (κ3) is 2.09. The van der Waals surface area contributed by atoms with Crippen molar-refractivity contribution in [1.29, 1.82) is 0 Å². The van der Waals surface area contributed by atoms with Crippen molar-refractivity contribution in [3.8, 4) is 0 Å². The number of hydrogen-bond acceptors (Lipinski definition) is 4. The van der Waals surface area contributed by atoms with Gasteiger partial charge < -0.3 is 10.1 Å². The molecule has 7 heteroatoms. The Bertz CT molecular complexity index is 851. The average Bonchev–Trinajstić information content (AvgIpc) is 2.99. The molecule has 7 nitrogen and oxygen atoms in total. The van der Waals surface area contributed by atoms with E-state index < -0.39 is 16.9 Å². The topological polar surface area (TPSA) is 104 Å². The maximum absolute atomic E-state index is 12.1. The minimum atomic E-state index is -0.504. The van der Waals surface area contributed by atoms with E-state index >= 15 is 0 Å². The van der Waals surface area contributed by atoms with E-state index in [0.717, 1.165) is 50.8 Å². The molecular weight excluding hydrogens is 296 g/mol. The smallest absolute Gasteiger partial charge is 0.330 e. The van der Waals surface area contributed by atoms with E-state index in [0.29, 0.717) is 17.7 Å². The van der Waals surface area contributed by atoms with Crippen molar-refractivity contribution in [1.82, 2.24) is 19.5 Å². The van der Waals surface area contributed by atoms with Crippen LogP contribution in [0.1, 0.15) is 57.7 Å². The first-order chi connectivity index (χ1) is 11.0. The Morgan fingerprint density at radius 2 is 1.78 bits per heavy atom. The molecule has 3 N–H and O–H groups in total. The van der Waals surface area contributed by atoms with Crippen LogP contribution in [0.5, 0.6) is 0 Å². The SMILES string of the molecule is CCCn1c(=O)[nH]c(=O)c2[nH]c(C34CCC(O)(CC3)CC4)nc21. The summed E-state index contributed by atoms with van der Waals surface area (Å²) < 4.78 is 1.54. The third-order valence-electron chi connectivity index (χ3n) is 5.79. The number of nitrogens with zero attached hydrogens (tertiary/aromatic N) is 2. The molecular formula is C16H22N4O3. The van der Waals surface area contributed by atoms with Gasteiger partial charge in [-0.15, -0.1) is 0 Å². The molecule has 0 amide bonds. The number of nitrogens with one attached hydrogen (secondary N) is 2. The average molecular weight is 318 g/mol. The number of imidazole rings is 1. The molecule has 0 aliphatic heterocycles. The van der Waals surface area contributed by atoms with E-state index in [1.165, 1.54) is 4.57 Å². The van der Waals surface area contributed by atoms with Gasteiger partial charge in [-0.05, 0) is 44.9 Å². The molecule has 0 radical (unpaired) electrons. The summed E-state index contributed by atoms with van der Waals surface area (Å²) >= 11 is 0. The van der Waals surface area contributed by atoms with E-state index in [1.54, 1.807) is 0 Å². The fourth-order valence-corrected chi connectivity index (χ4v) is 4.24. The first-order valence-electron chi connectivity index (χ1n) is 8.42. The monoisotopic (exact) mass is 318 g/mol. The fourth-order valence-electron chi connectivity index (χ4n) is 4.24. The van der Waals surface area contributed by atoms with Gasteiger partial charge in [-0.2, -0.15) is 0 Å². The molecule has 3 aliphatic rings. The van der Waals surface area contributed by atoms with Gasteiger partial charge in [0.2, 0.25) is 0 Å². The first-order valence-corrected chi connectivity index (χ1v) is 8.42. The summed E-state index contributed by atoms with van der Waals surface area (Å²) in [4.78, 5) is 34.4. The number of rotatable bonds is 3. The predicted octanol–water partition coefficient (Wildman–Crippen LogP) is 1.16. The standard InChI is InChI=1S/C16H22N4O3/c1-2-9-20-11-10(12(21)19-14(20)22)17-13(18-11)15-3-6-16(23,7-4-15)8-5-15/h23H,2-9H2,1H3,(H,17,18)(H,19,21,22). The highest BCUT2D eigenvalue weighted by atomic mass is 16.3. The maximum Gasteiger partial charge on any atom is 0.330 e. The van der Waals surface area contributed by atoms with Gasteiger partial charge in [0.05, 0.1) is 5.60 Å². The maximum atomic E-state index is 12.1. The van der Waals surface area contributed by atoms with Crippen LogP contribution in [0.3, 0.4) is 0 Å². The van der Waals surface area contributed by atoms with Crippen molar-refractivity contribution in [2.45, 2.75) is 69.4 Å². The Morgan fingerprint density at radius 1 is 1.13 bits per heavy atom. The number of H-pyrrole nitrogens is 2. The van der Waals surface area contributed by atoms with Crippen molar-refractivity contribution in [2.24, 2.45) is 0 Å². The van der Waals surface area contributed by atoms with Gasteiger partial charge >= 0.3 is 5.69 Å². The summed E-state index contributed by atoms with van der Waals surface area (Å²) in [5.41, 5.74) is -0.569. The van der Waals surface area contributed by atoms with E-state index in [9.17, 15) is 14.7 Å². The molecule has 2 bridgehead atoms. The Hall–Kier alpha value is -1.89. The highest BCUT2D eigenvalue weighted by molar-refractivity contribution is 5.70. The number of hydrogen-bond donors (Lipinski definition) is 3. The lowest BCUT2D eigenvalue weighted by atomic mass is 9.58. The zero-order chi connectivity index (χ0) is 16.2. The summed E-state index contributed by atoms with van der Waals surface area (Å²) in [7, 11) is 0. The second kappa shape index (κ2) is 4.80. The normalized spacial score (nSPS) is 30.2. The van der Waals surface area contributed by atoms with Crippen molar-refractivity contribution in [3.63, 3.8) is 0 Å². The van der Waals surface area contributed by atoms with Gasteiger partial charge in [0.1, 0.15) is 11.3 Å². The van der Waals surface area contributed by atoms with Crippen LogP contribution in [0.2, 0.25) is 0 Å². The second-order valence-electron chi connectivity index (χ2n) is 7.20. The lowest BCUT2D eigenvalue weighted by molar-refractivity contribution is -0.0677. The molecule has 2 aromatic rings. The molecule has 0 spiro atoms. The van der Waals surface area contributed by atoms with Crippen LogP contribution >= 0.6 is 0 Å². The Morgan fingerprint density at radius 3 is 2.39 bits per heavy atom. The molecule has 124 valence electrons. The van der Waals surface area contributed by atoms with E-state index in [2.05, 4.69) is 15.0 Å². The van der Waals surface area contributed by atoms with Crippen molar-refractivity contribution in [3.05, 3.63) is 26.7 Å². The third-order valence-corrected chi connectivity index (χ3v) is 5.79. The molecule has 0 saturated heterocycles. The Balaban J connectivity index is 1.87. The highest BCUT2D eigenvalue weighted by Crippen LogP contribution is 2.52. The number of aryl methyl sites for hydroxylation is 1. The van der Waals surface area contributed by atoms with Crippen molar-refractivity contribution in [2.75, 3.05) is 0 Å². The highest BCUT2D eigenvalue weighted by Gasteiger charge is 2.50. The second-order valence-corrected chi connectivity index (χ2v) is 7.20. The van der Waals surface area contributed by atoms with Crippen LogP contribution < -0.4 is 11.2 Å². The van der Waals surface area contributed by atoms with Crippen LogP contribution in [-0.4, -0.2) is 30.2 Å². The van der Waals surface area contributed by atoms with Gasteiger partial charge in [0.15, 0.2) is 5.65 Å².